The summed E-state index contributed by atoms with van der Waals surface area (Å²) in [5, 5.41) is 23.1. The van der Waals surface area contributed by atoms with Crippen molar-refractivity contribution in [2.45, 2.75) is 353 Å². The van der Waals surface area contributed by atoms with Crippen LogP contribution < -0.4 is 5.32 Å². The summed E-state index contributed by atoms with van der Waals surface area (Å²) >= 11 is 0. The van der Waals surface area contributed by atoms with Gasteiger partial charge in [-0.15, -0.1) is 0 Å². The fraction of sp³-hybridized carbons (Fsp3) is 0.877. The third kappa shape index (κ3) is 57.2. The predicted molar refractivity (Wildman–Crippen MR) is 310 cm³/mol. The first kappa shape index (κ1) is 69.1. The number of unbranched alkanes of at least 4 members (excludes halogenated alkanes) is 44. The van der Waals surface area contributed by atoms with E-state index < -0.39 is 12.1 Å². The number of nitrogens with one attached hydrogen (secondary N) is 1. The fourth-order valence-electron chi connectivity index (χ4n) is 9.78. The summed E-state index contributed by atoms with van der Waals surface area (Å²) in [6.45, 7) is 4.88. The molecule has 2 atom stereocenters. The third-order valence-corrected chi connectivity index (χ3v) is 14.7. The van der Waals surface area contributed by atoms with Crippen molar-refractivity contribution in [3.05, 3.63) is 36.5 Å². The number of esters is 1. The highest BCUT2D eigenvalue weighted by Gasteiger charge is 2.18. The molecule has 71 heavy (non-hydrogen) atoms. The van der Waals surface area contributed by atoms with Crippen LogP contribution >= 0.6 is 0 Å². The van der Waals surface area contributed by atoms with Crippen LogP contribution in [0.5, 0.6) is 0 Å². The van der Waals surface area contributed by atoms with Crippen molar-refractivity contribution < 1.29 is 24.5 Å². The highest BCUT2D eigenvalue weighted by molar-refractivity contribution is 5.76. The van der Waals surface area contributed by atoms with E-state index in [9.17, 15) is 19.8 Å². The monoisotopic (exact) mass is 998 g/mol. The van der Waals surface area contributed by atoms with Crippen LogP contribution in [-0.2, 0) is 14.3 Å². The number of carbonyl (C=O) groups is 2. The lowest BCUT2D eigenvalue weighted by Crippen LogP contribution is -2.45. The maximum atomic E-state index is 12.4. The second kappa shape index (κ2) is 60.6. The average molecular weight is 999 g/mol. The smallest absolute Gasteiger partial charge is 0.305 e. The van der Waals surface area contributed by atoms with Gasteiger partial charge in [-0.1, -0.05) is 301 Å². The van der Waals surface area contributed by atoms with Crippen molar-refractivity contribution in [3.8, 4) is 0 Å². The van der Waals surface area contributed by atoms with E-state index in [0.29, 0.717) is 19.4 Å². The standard InChI is InChI=1S/C65H123NO5/c1-3-5-7-9-11-13-15-17-18-19-25-29-32-35-39-43-47-51-55-59-65(70)71-60-56-52-48-44-40-36-33-30-27-24-22-20-21-23-26-28-31-34-38-42-46-50-54-58-64(69)66-62(61-67)63(68)57-53-49-45-41-37-16-14-12-10-8-6-4-2/h11,13,17-18,53,57,62-63,67-68H,3-10,12,14-16,19-52,54-56,58-61H2,1-2H3,(H,66,69)/b13-11-,18-17-,57-53+. The molecule has 0 aliphatic heterocycles. The molecule has 0 fully saturated rings. The number of ether oxygens (including phenoxy) is 1. The van der Waals surface area contributed by atoms with Gasteiger partial charge in [-0.05, 0) is 64.2 Å². The zero-order chi connectivity index (χ0) is 51.4. The molecule has 0 aromatic carbocycles. The Kier molecular flexibility index (Phi) is 59.0. The van der Waals surface area contributed by atoms with Crippen LogP contribution in [0.4, 0.5) is 0 Å². The van der Waals surface area contributed by atoms with E-state index in [4.69, 9.17) is 4.74 Å². The summed E-state index contributed by atoms with van der Waals surface area (Å²) in [6, 6.07) is -0.626. The molecule has 418 valence electrons. The molecule has 6 nitrogen and oxygen atoms in total. The minimum atomic E-state index is -0.843. The Morgan fingerprint density at radius 1 is 0.394 bits per heavy atom. The molecular weight excluding hydrogens is 875 g/mol. The lowest BCUT2D eigenvalue weighted by atomic mass is 10.0. The molecule has 0 spiro atoms. The molecular formula is C65H123NO5. The predicted octanol–water partition coefficient (Wildman–Crippen LogP) is 20.0. The van der Waals surface area contributed by atoms with Crippen molar-refractivity contribution in [2.75, 3.05) is 13.2 Å². The maximum absolute atomic E-state index is 12.4. The Morgan fingerprint density at radius 2 is 0.704 bits per heavy atom. The SMILES string of the molecule is CCCCC/C=C\C/C=C\CCCCCCCCCCCC(=O)OCCCCCCCCCCCCCCCCCCCCCCCCCC(=O)NC(CO)C(O)/C=C/CCCCCCCCCCCC. The van der Waals surface area contributed by atoms with Crippen molar-refractivity contribution in [1.29, 1.82) is 0 Å². The summed E-state index contributed by atoms with van der Waals surface area (Å²) in [4.78, 5) is 24.5. The van der Waals surface area contributed by atoms with Gasteiger partial charge in [0, 0.05) is 12.8 Å². The van der Waals surface area contributed by atoms with Crippen LogP contribution in [0.2, 0.25) is 0 Å². The zero-order valence-electron chi connectivity index (χ0n) is 47.7. The van der Waals surface area contributed by atoms with Crippen LogP contribution in [0.15, 0.2) is 36.5 Å². The van der Waals surface area contributed by atoms with Crippen LogP contribution in [0.25, 0.3) is 0 Å². The molecule has 0 aliphatic carbocycles. The summed E-state index contributed by atoms with van der Waals surface area (Å²) in [5.41, 5.74) is 0. The molecule has 6 heteroatoms. The molecule has 0 bridgehead atoms. The van der Waals surface area contributed by atoms with Crippen molar-refractivity contribution in [3.63, 3.8) is 0 Å². The minimum Gasteiger partial charge on any atom is -0.466 e. The van der Waals surface area contributed by atoms with Crippen LogP contribution in [0, 0.1) is 0 Å². The number of aliphatic hydroxyl groups excluding tert-OH is 2. The van der Waals surface area contributed by atoms with Crippen LogP contribution in [0.1, 0.15) is 341 Å². The Hall–Kier alpha value is -1.92. The van der Waals surface area contributed by atoms with E-state index in [1.807, 2.05) is 6.08 Å². The normalized spacial score (nSPS) is 12.8. The third-order valence-electron chi connectivity index (χ3n) is 14.7. The zero-order valence-corrected chi connectivity index (χ0v) is 47.7. The van der Waals surface area contributed by atoms with E-state index >= 15 is 0 Å². The van der Waals surface area contributed by atoms with Gasteiger partial charge in [0.1, 0.15) is 0 Å². The van der Waals surface area contributed by atoms with Crippen molar-refractivity contribution >= 4 is 11.9 Å². The summed E-state index contributed by atoms with van der Waals surface area (Å²) in [6.07, 6.45) is 76.2. The van der Waals surface area contributed by atoms with E-state index in [1.54, 1.807) is 6.08 Å². The number of carbonyl (C=O) groups excluding carboxylic acids is 2. The average Bonchev–Trinajstić information content (AvgIpc) is 3.37. The molecule has 1 amide bonds. The van der Waals surface area contributed by atoms with Gasteiger partial charge < -0.3 is 20.3 Å². The fourth-order valence-corrected chi connectivity index (χ4v) is 9.78. The van der Waals surface area contributed by atoms with Crippen molar-refractivity contribution in [1.82, 2.24) is 5.32 Å². The molecule has 3 N–H and O–H groups in total. The van der Waals surface area contributed by atoms with Gasteiger partial charge in [0.25, 0.3) is 0 Å². The molecule has 0 aromatic heterocycles. The molecule has 0 rings (SSSR count). The molecule has 0 radical (unpaired) electrons. The Balaban J connectivity index is 3.36. The molecule has 0 aromatic rings. The molecule has 0 heterocycles. The molecule has 0 saturated carbocycles. The quantitative estimate of drug-likeness (QED) is 0.0321. The van der Waals surface area contributed by atoms with Gasteiger partial charge in [0.2, 0.25) is 5.91 Å². The summed E-state index contributed by atoms with van der Waals surface area (Å²) in [7, 11) is 0. The topological polar surface area (TPSA) is 95.9 Å². The Bertz CT molecular complexity index is 1150. The largest absolute Gasteiger partial charge is 0.466 e. The second-order valence-electron chi connectivity index (χ2n) is 21.7. The van der Waals surface area contributed by atoms with Crippen LogP contribution in [-0.4, -0.2) is 47.4 Å². The van der Waals surface area contributed by atoms with Gasteiger partial charge in [-0.3, -0.25) is 9.59 Å². The molecule has 2 unspecified atom stereocenters. The van der Waals surface area contributed by atoms with Crippen LogP contribution in [0.3, 0.4) is 0 Å². The Labute approximate surface area is 443 Å². The molecule has 0 saturated heterocycles. The van der Waals surface area contributed by atoms with Gasteiger partial charge >= 0.3 is 5.97 Å². The van der Waals surface area contributed by atoms with E-state index in [1.165, 1.54) is 263 Å². The lowest BCUT2D eigenvalue weighted by Gasteiger charge is -2.20. The first-order valence-electron chi connectivity index (χ1n) is 31.8. The number of amides is 1. The van der Waals surface area contributed by atoms with E-state index in [2.05, 4.69) is 43.5 Å². The lowest BCUT2D eigenvalue weighted by molar-refractivity contribution is -0.143. The van der Waals surface area contributed by atoms with Gasteiger partial charge in [-0.2, -0.15) is 0 Å². The highest BCUT2D eigenvalue weighted by Crippen LogP contribution is 2.18. The Morgan fingerprint density at radius 3 is 1.10 bits per heavy atom. The highest BCUT2D eigenvalue weighted by atomic mass is 16.5. The number of hydrogen-bond acceptors (Lipinski definition) is 5. The summed E-state index contributed by atoms with van der Waals surface area (Å²) in [5.74, 6) is -0.0573. The summed E-state index contributed by atoms with van der Waals surface area (Å²) < 4.78 is 5.50. The van der Waals surface area contributed by atoms with Gasteiger partial charge in [0.15, 0.2) is 0 Å². The van der Waals surface area contributed by atoms with E-state index in [0.717, 1.165) is 51.4 Å². The number of allylic oxidation sites excluding steroid dienone is 5. The van der Waals surface area contributed by atoms with Gasteiger partial charge in [0.05, 0.1) is 25.4 Å². The van der Waals surface area contributed by atoms with E-state index in [-0.39, 0.29) is 18.5 Å². The number of rotatable bonds is 59. The first-order chi connectivity index (χ1) is 35.0. The minimum absolute atomic E-state index is 0.0101. The van der Waals surface area contributed by atoms with Crippen molar-refractivity contribution in [2.24, 2.45) is 0 Å². The second-order valence-corrected chi connectivity index (χ2v) is 21.7. The number of aliphatic hydroxyl groups is 2. The number of hydrogen-bond donors (Lipinski definition) is 3. The maximum Gasteiger partial charge on any atom is 0.305 e. The molecule has 0 aliphatic rings. The first-order valence-corrected chi connectivity index (χ1v) is 31.8. The van der Waals surface area contributed by atoms with Gasteiger partial charge in [-0.25, -0.2) is 0 Å².